The summed E-state index contributed by atoms with van der Waals surface area (Å²) in [6, 6.07) is 5.14. The molecule has 1 aliphatic rings. The van der Waals surface area contributed by atoms with Gasteiger partial charge in [0.25, 0.3) is 0 Å². The molecule has 0 radical (unpaired) electrons. The number of carbonyl (C=O) groups is 1. The molecule has 1 aromatic carbocycles. The van der Waals surface area contributed by atoms with Gasteiger partial charge in [-0.15, -0.1) is 0 Å². The summed E-state index contributed by atoms with van der Waals surface area (Å²) >= 11 is 0. The number of benzene rings is 1. The van der Waals surface area contributed by atoms with Crippen LogP contribution < -0.4 is 10.1 Å². The van der Waals surface area contributed by atoms with Crippen LogP contribution in [-0.4, -0.2) is 56.6 Å². The highest BCUT2D eigenvalue weighted by Gasteiger charge is 2.32. The number of aliphatic carboxylic acids is 1. The third-order valence-electron chi connectivity index (χ3n) is 3.13. The Hall–Kier alpha value is -1.64. The molecule has 110 valence electrons. The molecule has 1 fully saturated rings. The highest BCUT2D eigenvalue weighted by atomic mass is 32.2. The van der Waals surface area contributed by atoms with Crippen LogP contribution in [-0.2, 0) is 14.8 Å². The number of nitrogens with one attached hydrogen (secondary N) is 1. The maximum Gasteiger partial charge on any atom is 0.322 e. The number of carboxylic acids is 1. The number of ether oxygens (including phenoxy) is 1. The fourth-order valence-electron chi connectivity index (χ4n) is 2.00. The average molecular weight is 300 g/mol. The quantitative estimate of drug-likeness (QED) is 0.795. The van der Waals surface area contributed by atoms with Crippen molar-refractivity contribution >= 4 is 16.0 Å². The third kappa shape index (κ3) is 2.92. The normalized spacial score (nSPS) is 20.6. The van der Waals surface area contributed by atoms with Crippen molar-refractivity contribution in [2.75, 3.05) is 26.7 Å². The molecule has 1 aliphatic heterocycles. The Morgan fingerprint density at radius 3 is 2.60 bits per heavy atom. The van der Waals surface area contributed by atoms with Gasteiger partial charge in [0.2, 0.25) is 10.0 Å². The zero-order chi connectivity index (χ0) is 14.8. The number of carboxylic acid groups (broad SMARTS) is 1. The lowest BCUT2D eigenvalue weighted by molar-refractivity contribution is -0.140. The first kappa shape index (κ1) is 14.8. The Bertz CT molecular complexity index is 584. The predicted octanol–water partition coefficient (Wildman–Crippen LogP) is -0.258. The molecule has 1 aromatic rings. The van der Waals surface area contributed by atoms with Crippen molar-refractivity contribution in [3.63, 3.8) is 0 Å². The topological polar surface area (TPSA) is 95.9 Å². The fraction of sp³-hybridized carbons (Fsp3) is 0.417. The Morgan fingerprint density at radius 1 is 1.40 bits per heavy atom. The minimum Gasteiger partial charge on any atom is -0.497 e. The number of methoxy groups -OCH3 is 1. The second-order valence-electron chi connectivity index (χ2n) is 4.38. The van der Waals surface area contributed by atoms with Crippen molar-refractivity contribution < 1.29 is 23.1 Å². The smallest absolute Gasteiger partial charge is 0.322 e. The molecule has 0 unspecified atom stereocenters. The van der Waals surface area contributed by atoms with Crippen LogP contribution in [0.1, 0.15) is 0 Å². The summed E-state index contributed by atoms with van der Waals surface area (Å²) in [5.41, 5.74) is 0. The monoisotopic (exact) mass is 300 g/mol. The summed E-state index contributed by atoms with van der Waals surface area (Å²) in [5, 5.41) is 11.7. The van der Waals surface area contributed by atoms with Crippen LogP contribution in [0.5, 0.6) is 5.75 Å². The molecule has 1 heterocycles. The molecule has 0 aromatic heterocycles. The molecule has 2 rings (SSSR count). The molecule has 0 saturated carbocycles. The first-order valence-electron chi connectivity index (χ1n) is 6.05. The molecule has 0 spiro atoms. The van der Waals surface area contributed by atoms with Gasteiger partial charge < -0.3 is 15.2 Å². The van der Waals surface area contributed by atoms with E-state index in [1.807, 2.05) is 0 Å². The van der Waals surface area contributed by atoms with E-state index in [4.69, 9.17) is 9.84 Å². The summed E-state index contributed by atoms with van der Waals surface area (Å²) in [4.78, 5) is 11.1. The lowest BCUT2D eigenvalue weighted by Crippen LogP contribution is -2.55. The number of piperazine rings is 1. The SMILES string of the molecule is COc1ccc(S(=O)(=O)N2CCN[C@H](C(=O)O)C2)cc1. The van der Waals surface area contributed by atoms with Gasteiger partial charge in [-0.05, 0) is 24.3 Å². The van der Waals surface area contributed by atoms with Gasteiger partial charge in [-0.25, -0.2) is 8.42 Å². The zero-order valence-corrected chi connectivity index (χ0v) is 11.8. The van der Waals surface area contributed by atoms with Crippen molar-refractivity contribution in [2.45, 2.75) is 10.9 Å². The van der Waals surface area contributed by atoms with Crippen LogP contribution in [0, 0.1) is 0 Å². The fourth-order valence-corrected chi connectivity index (χ4v) is 3.46. The van der Waals surface area contributed by atoms with Crippen molar-refractivity contribution in [3.8, 4) is 5.75 Å². The number of hydrogen-bond acceptors (Lipinski definition) is 5. The lowest BCUT2D eigenvalue weighted by Gasteiger charge is -2.30. The number of hydrogen-bond donors (Lipinski definition) is 2. The van der Waals surface area contributed by atoms with Crippen LogP contribution >= 0.6 is 0 Å². The van der Waals surface area contributed by atoms with Gasteiger partial charge in [0.15, 0.2) is 0 Å². The minimum absolute atomic E-state index is 0.0797. The average Bonchev–Trinajstić information content (AvgIpc) is 2.47. The Kier molecular flexibility index (Phi) is 4.26. The van der Waals surface area contributed by atoms with E-state index in [9.17, 15) is 13.2 Å². The zero-order valence-electron chi connectivity index (χ0n) is 10.9. The predicted molar refractivity (Wildman–Crippen MR) is 71.2 cm³/mol. The first-order valence-corrected chi connectivity index (χ1v) is 7.49. The Morgan fingerprint density at radius 2 is 2.05 bits per heavy atom. The molecular weight excluding hydrogens is 284 g/mol. The van der Waals surface area contributed by atoms with E-state index in [1.165, 1.54) is 23.5 Å². The highest BCUT2D eigenvalue weighted by molar-refractivity contribution is 7.89. The van der Waals surface area contributed by atoms with Gasteiger partial charge >= 0.3 is 5.97 Å². The van der Waals surface area contributed by atoms with E-state index in [0.717, 1.165) is 0 Å². The van der Waals surface area contributed by atoms with Crippen LogP contribution in [0.15, 0.2) is 29.2 Å². The number of rotatable bonds is 4. The summed E-state index contributed by atoms with van der Waals surface area (Å²) in [5.74, 6) is -0.493. The van der Waals surface area contributed by atoms with Crippen LogP contribution in [0.3, 0.4) is 0 Å². The molecule has 0 bridgehead atoms. The third-order valence-corrected chi connectivity index (χ3v) is 5.01. The molecule has 20 heavy (non-hydrogen) atoms. The van der Waals surface area contributed by atoms with E-state index < -0.39 is 22.0 Å². The van der Waals surface area contributed by atoms with Crippen molar-refractivity contribution in [2.24, 2.45) is 0 Å². The van der Waals surface area contributed by atoms with Crippen molar-refractivity contribution in [3.05, 3.63) is 24.3 Å². The van der Waals surface area contributed by atoms with E-state index in [-0.39, 0.29) is 18.0 Å². The molecule has 2 N–H and O–H groups in total. The van der Waals surface area contributed by atoms with Crippen LogP contribution in [0.2, 0.25) is 0 Å². The summed E-state index contributed by atoms with van der Waals surface area (Å²) in [6.07, 6.45) is 0. The largest absolute Gasteiger partial charge is 0.497 e. The van der Waals surface area contributed by atoms with Crippen molar-refractivity contribution in [1.29, 1.82) is 0 Å². The van der Waals surface area contributed by atoms with E-state index in [1.54, 1.807) is 12.1 Å². The maximum atomic E-state index is 12.4. The number of nitrogens with zero attached hydrogens (tertiary/aromatic N) is 1. The van der Waals surface area contributed by atoms with Gasteiger partial charge in [-0.3, -0.25) is 4.79 Å². The van der Waals surface area contributed by atoms with Crippen LogP contribution in [0.25, 0.3) is 0 Å². The van der Waals surface area contributed by atoms with Gasteiger partial charge in [0.05, 0.1) is 12.0 Å². The molecule has 1 atom stereocenters. The lowest BCUT2D eigenvalue weighted by atomic mass is 10.2. The van der Waals surface area contributed by atoms with Gasteiger partial charge in [0.1, 0.15) is 11.8 Å². The number of sulfonamides is 1. The minimum atomic E-state index is -3.68. The summed E-state index contributed by atoms with van der Waals surface area (Å²) in [6.45, 7) is 0.480. The molecule has 0 amide bonds. The Balaban J connectivity index is 2.22. The molecule has 7 nitrogen and oxygen atoms in total. The molecule has 1 saturated heterocycles. The highest BCUT2D eigenvalue weighted by Crippen LogP contribution is 2.20. The Labute approximate surface area is 117 Å². The summed E-state index contributed by atoms with van der Waals surface area (Å²) < 4.78 is 31.0. The molecule has 0 aliphatic carbocycles. The molecular formula is C12H16N2O5S. The standard InChI is InChI=1S/C12H16N2O5S/c1-19-9-2-4-10(5-3-9)20(17,18)14-7-6-13-11(8-14)12(15)16/h2-5,11,13H,6-8H2,1H3,(H,15,16)/t11-/m0/s1. The van der Waals surface area contributed by atoms with E-state index in [0.29, 0.717) is 12.3 Å². The maximum absolute atomic E-state index is 12.4. The second-order valence-corrected chi connectivity index (χ2v) is 6.32. The first-order chi connectivity index (χ1) is 9.45. The van der Waals surface area contributed by atoms with Crippen LogP contribution in [0.4, 0.5) is 0 Å². The summed E-state index contributed by atoms with van der Waals surface area (Å²) in [7, 11) is -2.18. The van der Waals surface area contributed by atoms with Gasteiger partial charge in [0, 0.05) is 19.6 Å². The van der Waals surface area contributed by atoms with E-state index >= 15 is 0 Å². The van der Waals surface area contributed by atoms with Gasteiger partial charge in [-0.1, -0.05) is 0 Å². The second kappa shape index (κ2) is 5.78. The van der Waals surface area contributed by atoms with E-state index in [2.05, 4.69) is 5.32 Å². The van der Waals surface area contributed by atoms with Gasteiger partial charge in [-0.2, -0.15) is 4.31 Å². The van der Waals surface area contributed by atoms with Crippen molar-refractivity contribution in [1.82, 2.24) is 9.62 Å². The molecule has 8 heteroatoms.